The molecule has 3 nitrogen and oxygen atoms in total. The minimum atomic E-state index is -0.0831. The number of nitrogens with zero attached hydrogens (tertiary/aromatic N) is 1. The first-order chi connectivity index (χ1) is 11.7. The highest BCUT2D eigenvalue weighted by atomic mass is 35.5. The van der Waals surface area contributed by atoms with E-state index in [0.29, 0.717) is 5.15 Å². The Labute approximate surface area is 150 Å². The number of hydrogen-bond acceptors (Lipinski definition) is 3. The van der Waals surface area contributed by atoms with Crippen molar-refractivity contribution in [1.82, 2.24) is 4.98 Å². The van der Waals surface area contributed by atoms with Crippen molar-refractivity contribution >= 4 is 35.0 Å². The summed E-state index contributed by atoms with van der Waals surface area (Å²) in [6.07, 6.45) is 1.88. The van der Waals surface area contributed by atoms with Crippen LogP contribution in [-0.4, -0.2) is 10.9 Å². The molecule has 1 N–H and O–H groups in total. The van der Waals surface area contributed by atoms with Crippen LogP contribution in [0.1, 0.15) is 5.56 Å². The highest BCUT2D eigenvalue weighted by Gasteiger charge is 2.09. The van der Waals surface area contributed by atoms with E-state index in [-0.39, 0.29) is 12.3 Å². The summed E-state index contributed by atoms with van der Waals surface area (Å²) in [5.41, 5.74) is 1.63. The van der Waals surface area contributed by atoms with Crippen LogP contribution in [-0.2, 0) is 11.2 Å². The molecule has 0 spiro atoms. The number of pyridine rings is 1. The second-order valence-electron chi connectivity index (χ2n) is 5.13. The van der Waals surface area contributed by atoms with Crippen molar-refractivity contribution in [3.63, 3.8) is 0 Å². The smallest absolute Gasteiger partial charge is 0.228 e. The molecule has 0 aliphatic heterocycles. The zero-order valence-electron chi connectivity index (χ0n) is 12.8. The van der Waals surface area contributed by atoms with Gasteiger partial charge in [0, 0.05) is 16.0 Å². The molecule has 24 heavy (non-hydrogen) atoms. The van der Waals surface area contributed by atoms with E-state index >= 15 is 0 Å². The molecule has 1 amide bonds. The summed E-state index contributed by atoms with van der Waals surface area (Å²) in [5, 5.41) is 3.39. The fourth-order valence-corrected chi connectivity index (χ4v) is 3.20. The molecule has 2 aromatic carbocycles. The number of carbonyl (C=O) groups is 1. The molecule has 3 rings (SSSR count). The van der Waals surface area contributed by atoms with Gasteiger partial charge in [0.1, 0.15) is 5.15 Å². The Morgan fingerprint density at radius 1 is 1.00 bits per heavy atom. The SMILES string of the molecule is O=C(Cc1ccc(Cl)nc1)Nc1ccccc1Sc1ccccc1. The molecule has 120 valence electrons. The number of rotatable bonds is 5. The zero-order valence-corrected chi connectivity index (χ0v) is 14.3. The molecule has 1 aromatic heterocycles. The summed E-state index contributed by atoms with van der Waals surface area (Å²) < 4.78 is 0. The van der Waals surface area contributed by atoms with Gasteiger partial charge in [0.05, 0.1) is 12.1 Å². The first-order valence-electron chi connectivity index (χ1n) is 7.43. The Hall–Kier alpha value is -2.30. The molecular weight excluding hydrogens is 340 g/mol. The maximum absolute atomic E-state index is 12.3. The van der Waals surface area contributed by atoms with Crippen molar-refractivity contribution < 1.29 is 4.79 Å². The summed E-state index contributed by atoms with van der Waals surface area (Å²) in [6.45, 7) is 0. The summed E-state index contributed by atoms with van der Waals surface area (Å²) in [5.74, 6) is -0.0831. The minimum absolute atomic E-state index is 0.0831. The normalized spacial score (nSPS) is 10.4. The predicted octanol–water partition coefficient (Wildman–Crippen LogP) is 5.07. The van der Waals surface area contributed by atoms with Gasteiger partial charge >= 0.3 is 0 Å². The fourth-order valence-electron chi connectivity index (χ4n) is 2.17. The lowest BCUT2D eigenvalue weighted by Crippen LogP contribution is -2.15. The number of amides is 1. The largest absolute Gasteiger partial charge is 0.325 e. The molecule has 0 aliphatic rings. The zero-order chi connectivity index (χ0) is 16.8. The van der Waals surface area contributed by atoms with Gasteiger partial charge in [0.2, 0.25) is 5.91 Å². The van der Waals surface area contributed by atoms with Gasteiger partial charge in [0.15, 0.2) is 0 Å². The van der Waals surface area contributed by atoms with Crippen LogP contribution < -0.4 is 5.32 Å². The second-order valence-corrected chi connectivity index (χ2v) is 6.63. The number of benzene rings is 2. The van der Waals surface area contributed by atoms with E-state index in [4.69, 9.17) is 11.6 Å². The number of anilines is 1. The Bertz CT molecular complexity index is 822. The number of para-hydroxylation sites is 1. The first kappa shape index (κ1) is 16.6. The third-order valence-corrected chi connectivity index (χ3v) is 4.59. The van der Waals surface area contributed by atoms with Crippen LogP contribution in [0.3, 0.4) is 0 Å². The van der Waals surface area contributed by atoms with E-state index in [0.717, 1.165) is 21.0 Å². The maximum Gasteiger partial charge on any atom is 0.228 e. The lowest BCUT2D eigenvalue weighted by molar-refractivity contribution is -0.115. The standard InChI is InChI=1S/C19H15ClN2OS/c20-18-11-10-14(13-21-18)12-19(23)22-16-8-4-5-9-17(16)24-15-6-2-1-3-7-15/h1-11,13H,12H2,(H,22,23). The molecule has 0 radical (unpaired) electrons. The van der Waals surface area contributed by atoms with E-state index in [1.54, 1.807) is 30.1 Å². The van der Waals surface area contributed by atoms with E-state index in [1.807, 2.05) is 54.6 Å². The average Bonchev–Trinajstić information content (AvgIpc) is 2.60. The molecule has 5 heteroatoms. The number of hydrogen-bond donors (Lipinski definition) is 1. The second kappa shape index (κ2) is 7.99. The van der Waals surface area contributed by atoms with Gasteiger partial charge in [-0.3, -0.25) is 4.79 Å². The molecule has 0 saturated carbocycles. The topological polar surface area (TPSA) is 42.0 Å². The third kappa shape index (κ3) is 4.60. The van der Waals surface area contributed by atoms with Crippen molar-refractivity contribution in [2.45, 2.75) is 16.2 Å². The van der Waals surface area contributed by atoms with E-state index in [2.05, 4.69) is 10.3 Å². The summed E-state index contributed by atoms with van der Waals surface area (Å²) in [6, 6.07) is 21.3. The molecule has 0 atom stereocenters. The highest BCUT2D eigenvalue weighted by molar-refractivity contribution is 7.99. The third-order valence-electron chi connectivity index (χ3n) is 3.29. The van der Waals surface area contributed by atoms with Gasteiger partial charge in [-0.05, 0) is 35.9 Å². The minimum Gasteiger partial charge on any atom is -0.325 e. The number of carbonyl (C=O) groups excluding carboxylic acids is 1. The van der Waals surface area contributed by atoms with Crippen molar-refractivity contribution in [3.8, 4) is 0 Å². The number of aromatic nitrogens is 1. The monoisotopic (exact) mass is 354 g/mol. The van der Waals surface area contributed by atoms with Gasteiger partial charge in [0.25, 0.3) is 0 Å². The highest BCUT2D eigenvalue weighted by Crippen LogP contribution is 2.33. The van der Waals surface area contributed by atoms with Crippen LogP contribution in [0.2, 0.25) is 5.15 Å². The maximum atomic E-state index is 12.3. The molecule has 3 aromatic rings. The van der Waals surface area contributed by atoms with Crippen LogP contribution in [0.25, 0.3) is 0 Å². The lowest BCUT2D eigenvalue weighted by Gasteiger charge is -2.11. The van der Waals surface area contributed by atoms with Gasteiger partial charge < -0.3 is 5.32 Å². The van der Waals surface area contributed by atoms with E-state index in [1.165, 1.54) is 0 Å². The van der Waals surface area contributed by atoms with Gasteiger partial charge in [-0.2, -0.15) is 0 Å². The molecule has 0 bridgehead atoms. The summed E-state index contributed by atoms with van der Waals surface area (Å²) in [7, 11) is 0. The van der Waals surface area contributed by atoms with Gasteiger partial charge in [-0.15, -0.1) is 0 Å². The van der Waals surface area contributed by atoms with Crippen LogP contribution in [0, 0.1) is 0 Å². The van der Waals surface area contributed by atoms with E-state index in [9.17, 15) is 4.79 Å². The van der Waals surface area contributed by atoms with Gasteiger partial charge in [-0.25, -0.2) is 4.98 Å². The Balaban J connectivity index is 1.70. The van der Waals surface area contributed by atoms with E-state index < -0.39 is 0 Å². The van der Waals surface area contributed by atoms with Crippen LogP contribution >= 0.6 is 23.4 Å². The Kier molecular flexibility index (Phi) is 5.51. The fraction of sp³-hybridized carbons (Fsp3) is 0.0526. The molecule has 1 heterocycles. The Morgan fingerprint density at radius 2 is 1.75 bits per heavy atom. The quantitative estimate of drug-likeness (QED) is 0.650. The molecule has 0 aliphatic carbocycles. The summed E-state index contributed by atoms with van der Waals surface area (Å²) >= 11 is 7.38. The van der Waals surface area contributed by atoms with Gasteiger partial charge in [-0.1, -0.05) is 59.8 Å². The molecular formula is C19H15ClN2OS. The van der Waals surface area contributed by atoms with Crippen molar-refractivity contribution in [1.29, 1.82) is 0 Å². The van der Waals surface area contributed by atoms with Crippen LogP contribution in [0.15, 0.2) is 82.7 Å². The summed E-state index contributed by atoms with van der Waals surface area (Å²) in [4.78, 5) is 18.4. The van der Waals surface area contributed by atoms with Crippen molar-refractivity contribution in [2.24, 2.45) is 0 Å². The molecule has 0 unspecified atom stereocenters. The van der Waals surface area contributed by atoms with Crippen molar-refractivity contribution in [3.05, 3.63) is 83.6 Å². The molecule has 0 saturated heterocycles. The Morgan fingerprint density at radius 3 is 2.50 bits per heavy atom. The molecule has 0 fully saturated rings. The number of halogens is 1. The average molecular weight is 355 g/mol. The first-order valence-corrected chi connectivity index (χ1v) is 8.62. The van der Waals surface area contributed by atoms with Crippen LogP contribution in [0.5, 0.6) is 0 Å². The van der Waals surface area contributed by atoms with Crippen molar-refractivity contribution in [2.75, 3.05) is 5.32 Å². The number of nitrogens with one attached hydrogen (secondary N) is 1. The predicted molar refractivity (Wildman–Crippen MR) is 98.6 cm³/mol. The van der Waals surface area contributed by atoms with Crippen LogP contribution in [0.4, 0.5) is 5.69 Å². The lowest BCUT2D eigenvalue weighted by atomic mass is 10.2.